The molecule has 1 saturated heterocycles. The van der Waals surface area contributed by atoms with Gasteiger partial charge in [0, 0.05) is 48.5 Å². The van der Waals surface area contributed by atoms with Crippen LogP contribution in [0.15, 0.2) is 66.0 Å². The normalized spacial score (nSPS) is 13.9. The third-order valence-electron chi connectivity index (χ3n) is 6.55. The Hall–Kier alpha value is -3.85. The third-order valence-corrected chi connectivity index (χ3v) is 7.49. The second-order valence-corrected chi connectivity index (χ2v) is 9.82. The van der Waals surface area contributed by atoms with Gasteiger partial charge in [0.2, 0.25) is 5.91 Å². The van der Waals surface area contributed by atoms with Gasteiger partial charge in [-0.2, -0.15) is 0 Å². The summed E-state index contributed by atoms with van der Waals surface area (Å²) in [5.41, 5.74) is 3.57. The highest BCUT2D eigenvalue weighted by molar-refractivity contribution is 7.13. The number of piperidine rings is 1. The van der Waals surface area contributed by atoms with Crippen molar-refractivity contribution in [1.29, 1.82) is 0 Å². The van der Waals surface area contributed by atoms with Crippen molar-refractivity contribution in [2.45, 2.75) is 19.3 Å². The fraction of sp³-hybridized carbons (Fsp3) is 0.286. The molecule has 190 valence electrons. The number of nitrogens with one attached hydrogen (secondary N) is 1. The topological polar surface area (TPSA) is 80.2 Å². The predicted octanol–water partition coefficient (Wildman–Crippen LogP) is 4.99. The number of rotatable bonds is 8. The van der Waals surface area contributed by atoms with Gasteiger partial charge in [0.25, 0.3) is 0 Å². The lowest BCUT2D eigenvalue weighted by atomic mass is 9.96. The van der Waals surface area contributed by atoms with Crippen LogP contribution in [0, 0.1) is 11.7 Å². The van der Waals surface area contributed by atoms with Gasteiger partial charge in [0.15, 0.2) is 5.82 Å². The van der Waals surface area contributed by atoms with Gasteiger partial charge in [0.05, 0.1) is 18.5 Å². The van der Waals surface area contributed by atoms with Gasteiger partial charge in [-0.05, 0) is 73.5 Å². The Morgan fingerprint density at radius 3 is 2.43 bits per heavy atom. The molecule has 37 heavy (non-hydrogen) atoms. The molecule has 0 unspecified atom stereocenters. The minimum absolute atomic E-state index is 0.00649. The lowest BCUT2D eigenvalue weighted by Crippen LogP contribution is -2.41. The lowest BCUT2D eigenvalue weighted by molar-refractivity contribution is -0.125. The fourth-order valence-corrected chi connectivity index (χ4v) is 5.25. The van der Waals surface area contributed by atoms with Crippen molar-refractivity contribution >= 4 is 23.1 Å². The van der Waals surface area contributed by atoms with E-state index in [1.807, 2.05) is 41.8 Å². The van der Waals surface area contributed by atoms with Crippen LogP contribution in [0.25, 0.3) is 21.8 Å². The first-order chi connectivity index (χ1) is 18.1. The average Bonchev–Trinajstić information content (AvgIpc) is 3.42. The van der Waals surface area contributed by atoms with E-state index in [1.54, 1.807) is 30.6 Å². The van der Waals surface area contributed by atoms with Gasteiger partial charge in [-0.25, -0.2) is 9.37 Å². The van der Waals surface area contributed by atoms with Crippen LogP contribution in [0.2, 0.25) is 0 Å². The summed E-state index contributed by atoms with van der Waals surface area (Å²) in [6.07, 6.45) is 2.24. The van der Waals surface area contributed by atoms with E-state index < -0.39 is 0 Å². The molecule has 0 bridgehead atoms. The highest BCUT2D eigenvalue weighted by Gasteiger charge is 2.25. The maximum Gasteiger partial charge on any atom is 0.223 e. The molecule has 0 saturated carbocycles. The van der Waals surface area contributed by atoms with E-state index in [0.717, 1.165) is 59.3 Å². The number of hydrogen-bond acceptors (Lipinski definition) is 7. The molecule has 2 aromatic heterocycles. The third kappa shape index (κ3) is 6.11. The molecule has 0 spiro atoms. The van der Waals surface area contributed by atoms with E-state index in [9.17, 15) is 9.18 Å². The number of anilines is 1. The monoisotopic (exact) mass is 517 g/mol. The molecular weight excluding hydrogens is 489 g/mol. The van der Waals surface area contributed by atoms with E-state index in [1.165, 1.54) is 12.1 Å². The molecule has 9 heteroatoms. The van der Waals surface area contributed by atoms with Crippen molar-refractivity contribution in [2.24, 2.45) is 5.92 Å². The molecule has 1 N–H and O–H groups in total. The summed E-state index contributed by atoms with van der Waals surface area (Å²) in [6, 6.07) is 17.9. The Morgan fingerprint density at radius 1 is 1.03 bits per heavy atom. The molecule has 5 rings (SSSR count). The number of thiazole rings is 1. The summed E-state index contributed by atoms with van der Waals surface area (Å²) in [6.45, 7) is 2.07. The Labute approximate surface area is 219 Å². The molecular formula is C28H28FN5O2S. The number of methoxy groups -OCH3 is 1. The van der Waals surface area contributed by atoms with Crippen molar-refractivity contribution in [3.63, 3.8) is 0 Å². The van der Waals surface area contributed by atoms with Crippen molar-refractivity contribution in [1.82, 2.24) is 20.5 Å². The molecule has 1 amide bonds. The minimum Gasteiger partial charge on any atom is -0.497 e. The number of carbonyl (C=O) groups is 1. The van der Waals surface area contributed by atoms with E-state index in [4.69, 9.17) is 9.72 Å². The minimum atomic E-state index is -0.276. The molecule has 7 nitrogen and oxygen atoms in total. The van der Waals surface area contributed by atoms with Crippen molar-refractivity contribution in [2.75, 3.05) is 31.6 Å². The maximum atomic E-state index is 13.1. The number of carbonyl (C=O) groups excluding carboxylic acids is 1. The lowest BCUT2D eigenvalue weighted by Gasteiger charge is -2.31. The number of ether oxygens (including phenoxy) is 1. The standard InChI is InChI=1S/C28H28FN5O2S/c1-36-24-8-4-21(5-9-24)28-31-23(18-37-28)12-15-30-27(35)20-13-16-34(17-14-20)26-11-10-25(32-33-26)19-2-6-22(29)7-3-19/h2-11,18,20H,12-17H2,1H3,(H,30,35). The second-order valence-electron chi connectivity index (χ2n) is 8.96. The fourth-order valence-electron chi connectivity index (χ4n) is 4.39. The van der Waals surface area contributed by atoms with Crippen LogP contribution in [0.4, 0.5) is 10.2 Å². The average molecular weight is 518 g/mol. The van der Waals surface area contributed by atoms with E-state index in [0.29, 0.717) is 18.7 Å². The van der Waals surface area contributed by atoms with Crippen molar-refractivity contribution in [3.8, 4) is 27.6 Å². The SMILES string of the molecule is COc1ccc(-c2nc(CCNC(=O)C3CCN(c4ccc(-c5ccc(F)cc5)nn4)CC3)cs2)cc1. The largest absolute Gasteiger partial charge is 0.497 e. The van der Waals surface area contributed by atoms with E-state index >= 15 is 0 Å². The van der Waals surface area contributed by atoms with Gasteiger partial charge < -0.3 is 15.0 Å². The Balaban J connectivity index is 1.07. The summed E-state index contributed by atoms with van der Waals surface area (Å²) < 4.78 is 18.4. The molecule has 4 aromatic rings. The molecule has 0 aliphatic carbocycles. The first kappa shape index (κ1) is 24.8. The highest BCUT2D eigenvalue weighted by Crippen LogP contribution is 2.26. The zero-order valence-corrected chi connectivity index (χ0v) is 21.4. The number of amides is 1. The summed E-state index contributed by atoms with van der Waals surface area (Å²) in [5.74, 6) is 1.43. The number of nitrogens with zero attached hydrogens (tertiary/aromatic N) is 4. The second kappa shape index (κ2) is 11.5. The Morgan fingerprint density at radius 2 is 1.76 bits per heavy atom. The van der Waals surface area contributed by atoms with E-state index in [2.05, 4.69) is 20.4 Å². The van der Waals surface area contributed by atoms with Crippen LogP contribution in [0.3, 0.4) is 0 Å². The van der Waals surface area contributed by atoms with E-state index in [-0.39, 0.29) is 17.6 Å². The molecule has 0 radical (unpaired) electrons. The van der Waals surface area contributed by atoms with Gasteiger partial charge in [-0.1, -0.05) is 0 Å². The summed E-state index contributed by atoms with van der Waals surface area (Å²) >= 11 is 1.60. The van der Waals surface area contributed by atoms with Crippen molar-refractivity contribution < 1.29 is 13.9 Å². The zero-order chi connectivity index (χ0) is 25.6. The molecule has 3 heterocycles. The van der Waals surface area contributed by atoms with Crippen LogP contribution < -0.4 is 15.0 Å². The molecule has 1 aliphatic heterocycles. The highest BCUT2D eigenvalue weighted by atomic mass is 32.1. The first-order valence-electron chi connectivity index (χ1n) is 12.3. The Kier molecular flexibility index (Phi) is 7.70. The number of benzene rings is 2. The molecule has 1 aliphatic rings. The number of hydrogen-bond donors (Lipinski definition) is 1. The van der Waals surface area contributed by atoms with Gasteiger partial charge >= 0.3 is 0 Å². The zero-order valence-electron chi connectivity index (χ0n) is 20.6. The number of halogens is 1. The van der Waals surface area contributed by atoms with Crippen LogP contribution >= 0.6 is 11.3 Å². The van der Waals surface area contributed by atoms with Crippen LogP contribution in [0.1, 0.15) is 18.5 Å². The smallest absolute Gasteiger partial charge is 0.223 e. The maximum absolute atomic E-state index is 13.1. The van der Waals surface area contributed by atoms with Crippen LogP contribution in [-0.4, -0.2) is 47.8 Å². The first-order valence-corrected chi connectivity index (χ1v) is 13.2. The number of aromatic nitrogens is 3. The quantitative estimate of drug-likeness (QED) is 0.355. The van der Waals surface area contributed by atoms with Gasteiger partial charge in [-0.3, -0.25) is 4.79 Å². The van der Waals surface area contributed by atoms with Crippen LogP contribution in [0.5, 0.6) is 5.75 Å². The predicted molar refractivity (Wildman–Crippen MR) is 143 cm³/mol. The summed E-state index contributed by atoms with van der Waals surface area (Å²) in [5, 5.41) is 14.8. The summed E-state index contributed by atoms with van der Waals surface area (Å²) in [7, 11) is 1.65. The summed E-state index contributed by atoms with van der Waals surface area (Å²) in [4.78, 5) is 19.6. The molecule has 2 aromatic carbocycles. The Bertz CT molecular complexity index is 1320. The molecule has 0 atom stereocenters. The van der Waals surface area contributed by atoms with Gasteiger partial charge in [0.1, 0.15) is 16.6 Å². The van der Waals surface area contributed by atoms with Crippen LogP contribution in [-0.2, 0) is 11.2 Å². The van der Waals surface area contributed by atoms with Crippen molar-refractivity contribution in [3.05, 3.63) is 77.6 Å². The van der Waals surface area contributed by atoms with Gasteiger partial charge in [-0.15, -0.1) is 21.5 Å². The molecule has 1 fully saturated rings.